The molecule has 0 unspecified atom stereocenters. The molecular weight excluding hydrogens is 728 g/mol. The van der Waals surface area contributed by atoms with Crippen LogP contribution in [0.1, 0.15) is 69.3 Å². The Morgan fingerprint density at radius 3 is 2.31 bits per heavy atom. The van der Waals surface area contributed by atoms with Crippen molar-refractivity contribution in [3.05, 3.63) is 119 Å². The van der Waals surface area contributed by atoms with Gasteiger partial charge in [0.2, 0.25) is 10.0 Å². The van der Waals surface area contributed by atoms with E-state index >= 15 is 0 Å². The van der Waals surface area contributed by atoms with E-state index < -0.39 is 27.8 Å². The van der Waals surface area contributed by atoms with Crippen molar-refractivity contribution in [1.82, 2.24) is 14.5 Å². The maximum atomic E-state index is 14.5. The quantitative estimate of drug-likeness (QED) is 0.0979. The molecule has 2 atom stereocenters. The summed E-state index contributed by atoms with van der Waals surface area (Å²) in [7, 11) is -0.873. The summed E-state index contributed by atoms with van der Waals surface area (Å²) in [5, 5.41) is 0.558. The molecule has 5 aromatic rings. The fourth-order valence-electron chi connectivity index (χ4n) is 7.62. The summed E-state index contributed by atoms with van der Waals surface area (Å²) in [4.78, 5) is 34.7. The molecule has 13 heteroatoms. The fraction of sp³-hybridized carbons (Fsp3) is 0.317. The summed E-state index contributed by atoms with van der Waals surface area (Å²) >= 11 is 1.09. The third kappa shape index (κ3) is 7.08. The van der Waals surface area contributed by atoms with Crippen molar-refractivity contribution in [1.29, 1.82) is 0 Å². The average Bonchev–Trinajstić information content (AvgIpc) is 3.66. The predicted octanol–water partition coefficient (Wildman–Crippen LogP) is 7.35. The molecule has 0 bridgehead atoms. The first-order chi connectivity index (χ1) is 26.0. The Labute approximate surface area is 319 Å². The van der Waals surface area contributed by atoms with Gasteiger partial charge in [-0.1, -0.05) is 42.5 Å². The Kier molecular flexibility index (Phi) is 10.8. The standard InChI is InChI=1S/C41H43FN4O6S2/c1-26-32-25-30(42)16-18-37(32)53-41(26)54(49,50)43-19-9-14-33(29-15-17-35(51-3)36(24-29)52-4)46-39(47)31-12-8-13-34(38(31)40(46)48)45-22-20-44(21-23-45)27(2)28-10-6-5-7-11-28/h5-8,10-13,15-18,24-25,27,33,43H,9,14,19-23H2,1-4H3/t27-,33-/m1/s1. The van der Waals surface area contributed by atoms with Crippen LogP contribution in [0.2, 0.25) is 0 Å². The van der Waals surface area contributed by atoms with Gasteiger partial charge in [-0.3, -0.25) is 19.4 Å². The molecule has 7 rings (SSSR count). The van der Waals surface area contributed by atoms with Gasteiger partial charge in [-0.2, -0.15) is 0 Å². The third-order valence-electron chi connectivity index (χ3n) is 10.6. The van der Waals surface area contributed by atoms with Gasteiger partial charge in [-0.25, -0.2) is 17.5 Å². The minimum Gasteiger partial charge on any atom is -0.493 e. The number of hydrogen-bond donors (Lipinski definition) is 1. The molecule has 0 spiro atoms. The lowest BCUT2D eigenvalue weighted by molar-refractivity contribution is 0.0572. The molecule has 1 N–H and O–H groups in total. The van der Waals surface area contributed by atoms with Crippen LogP contribution in [0.25, 0.3) is 10.1 Å². The van der Waals surface area contributed by atoms with Gasteiger partial charge >= 0.3 is 0 Å². The number of imide groups is 1. The molecular formula is C41H43FN4O6S2. The molecule has 1 aromatic heterocycles. The molecule has 1 saturated heterocycles. The second-order valence-electron chi connectivity index (χ2n) is 13.6. The Balaban J connectivity index is 1.12. The first kappa shape index (κ1) is 37.5. The zero-order valence-corrected chi connectivity index (χ0v) is 32.3. The van der Waals surface area contributed by atoms with Crippen molar-refractivity contribution >= 4 is 48.9 Å². The van der Waals surface area contributed by atoms with Crippen LogP contribution >= 0.6 is 11.3 Å². The lowest BCUT2D eigenvalue weighted by atomic mass is 9.99. The van der Waals surface area contributed by atoms with E-state index in [4.69, 9.17) is 9.47 Å². The molecule has 2 amide bonds. The molecule has 2 aliphatic heterocycles. The maximum Gasteiger partial charge on any atom is 0.264 e. The number of rotatable bonds is 13. The van der Waals surface area contributed by atoms with Gasteiger partial charge in [0.25, 0.3) is 11.8 Å². The van der Waals surface area contributed by atoms with E-state index in [0.29, 0.717) is 63.3 Å². The second kappa shape index (κ2) is 15.5. The highest BCUT2D eigenvalue weighted by Gasteiger charge is 2.43. The topological polar surface area (TPSA) is 108 Å². The van der Waals surface area contributed by atoms with E-state index in [1.807, 2.05) is 18.2 Å². The highest BCUT2D eigenvalue weighted by molar-refractivity contribution is 7.91. The summed E-state index contributed by atoms with van der Waals surface area (Å²) < 4.78 is 55.4. The van der Waals surface area contributed by atoms with Crippen molar-refractivity contribution in [3.63, 3.8) is 0 Å². The van der Waals surface area contributed by atoms with Gasteiger partial charge in [0, 0.05) is 43.5 Å². The number of aryl methyl sites for hydroxylation is 1. The number of carbonyl (C=O) groups excluding carboxylic acids is 2. The van der Waals surface area contributed by atoms with Crippen LogP contribution in [0.5, 0.6) is 11.5 Å². The van der Waals surface area contributed by atoms with E-state index in [1.165, 1.54) is 36.8 Å². The SMILES string of the molecule is COc1ccc([C@@H](CCCNS(=O)(=O)c2sc3ccc(F)cc3c2C)N2C(=O)c3cccc(N4CCN([C@H](C)c5ccccc5)CC4)c3C2=O)cc1OC. The molecule has 3 heterocycles. The van der Waals surface area contributed by atoms with Crippen LogP contribution in [0.15, 0.2) is 89.1 Å². The zero-order valence-electron chi connectivity index (χ0n) is 30.7. The van der Waals surface area contributed by atoms with Crippen LogP contribution in [-0.2, 0) is 10.0 Å². The smallest absolute Gasteiger partial charge is 0.264 e. The van der Waals surface area contributed by atoms with Crippen LogP contribution in [0.3, 0.4) is 0 Å². The number of piperazine rings is 1. The summed E-state index contributed by atoms with van der Waals surface area (Å²) in [6, 6.07) is 24.9. The Morgan fingerprint density at radius 2 is 1.59 bits per heavy atom. The summed E-state index contributed by atoms with van der Waals surface area (Å²) in [5.41, 5.74) is 3.86. The second-order valence-corrected chi connectivity index (χ2v) is 16.6. The molecule has 4 aromatic carbocycles. The number of nitrogens with one attached hydrogen (secondary N) is 1. The summed E-state index contributed by atoms with van der Waals surface area (Å²) in [5.74, 6) is -0.285. The van der Waals surface area contributed by atoms with Crippen molar-refractivity contribution in [2.45, 2.75) is 43.0 Å². The maximum absolute atomic E-state index is 14.5. The zero-order chi connectivity index (χ0) is 38.1. The van der Waals surface area contributed by atoms with E-state index in [1.54, 1.807) is 37.3 Å². The Hall–Kier alpha value is -4.82. The summed E-state index contributed by atoms with van der Waals surface area (Å²) in [6.45, 7) is 6.92. The number of fused-ring (bicyclic) bond motifs is 2. The predicted molar refractivity (Wildman–Crippen MR) is 209 cm³/mol. The average molecular weight is 771 g/mol. The third-order valence-corrected chi connectivity index (χ3v) is 13.9. The molecule has 0 radical (unpaired) electrons. The van der Waals surface area contributed by atoms with Crippen LogP contribution in [0, 0.1) is 12.7 Å². The molecule has 2 aliphatic rings. The van der Waals surface area contributed by atoms with Gasteiger partial charge in [-0.05, 0) is 91.2 Å². The Bertz CT molecular complexity index is 2310. The number of hydrogen-bond acceptors (Lipinski definition) is 9. The minimum atomic E-state index is -3.92. The van der Waals surface area contributed by atoms with Gasteiger partial charge < -0.3 is 14.4 Å². The number of methoxy groups -OCH3 is 2. The van der Waals surface area contributed by atoms with Gasteiger partial charge in [0.15, 0.2) is 11.5 Å². The largest absolute Gasteiger partial charge is 0.493 e. The number of carbonyl (C=O) groups is 2. The molecule has 1 fully saturated rings. The number of halogens is 1. The number of ether oxygens (including phenoxy) is 2. The van der Waals surface area contributed by atoms with Crippen LogP contribution in [-0.4, -0.2) is 77.0 Å². The lowest BCUT2D eigenvalue weighted by Gasteiger charge is -2.39. The minimum absolute atomic E-state index is 0.0499. The lowest BCUT2D eigenvalue weighted by Crippen LogP contribution is -2.47. The van der Waals surface area contributed by atoms with Crippen LogP contribution in [0.4, 0.5) is 10.1 Å². The molecule has 0 saturated carbocycles. The van der Waals surface area contributed by atoms with Crippen molar-refractivity contribution in [2.24, 2.45) is 0 Å². The highest BCUT2D eigenvalue weighted by atomic mass is 32.2. The molecule has 10 nitrogen and oxygen atoms in total. The van der Waals surface area contributed by atoms with Gasteiger partial charge in [-0.15, -0.1) is 11.3 Å². The first-order valence-electron chi connectivity index (χ1n) is 18.0. The summed E-state index contributed by atoms with van der Waals surface area (Å²) in [6.07, 6.45) is 0.574. The Morgan fingerprint density at radius 1 is 0.852 bits per heavy atom. The van der Waals surface area contributed by atoms with Crippen molar-refractivity contribution < 1.29 is 31.9 Å². The molecule has 282 valence electrons. The number of benzene rings is 4. The number of anilines is 1. The number of amides is 2. The van der Waals surface area contributed by atoms with E-state index in [9.17, 15) is 22.4 Å². The van der Waals surface area contributed by atoms with E-state index in [0.717, 1.165) is 30.1 Å². The highest BCUT2D eigenvalue weighted by Crippen LogP contribution is 2.41. The van der Waals surface area contributed by atoms with Crippen LogP contribution < -0.4 is 19.1 Å². The van der Waals surface area contributed by atoms with Crippen molar-refractivity contribution in [3.8, 4) is 11.5 Å². The van der Waals surface area contributed by atoms with E-state index in [-0.39, 0.29) is 29.1 Å². The van der Waals surface area contributed by atoms with Gasteiger partial charge in [0.1, 0.15) is 10.0 Å². The van der Waals surface area contributed by atoms with E-state index in [2.05, 4.69) is 45.7 Å². The van der Waals surface area contributed by atoms with Crippen molar-refractivity contribution in [2.75, 3.05) is 51.8 Å². The monoisotopic (exact) mass is 770 g/mol. The number of thiophene rings is 1. The molecule has 0 aliphatic carbocycles. The van der Waals surface area contributed by atoms with Gasteiger partial charge in [0.05, 0.1) is 37.1 Å². The normalized spacial score (nSPS) is 16.2. The number of sulfonamides is 1. The number of nitrogens with zero attached hydrogens (tertiary/aromatic N) is 3. The fourth-order valence-corrected chi connectivity index (χ4v) is 10.5. The molecule has 54 heavy (non-hydrogen) atoms. The first-order valence-corrected chi connectivity index (χ1v) is 20.3.